The number of hydrogen-bond donors (Lipinski definition) is 3. The van der Waals surface area contributed by atoms with Crippen molar-refractivity contribution in [3.05, 3.63) is 54.1 Å². The highest BCUT2D eigenvalue weighted by atomic mass is 32.2. The highest BCUT2D eigenvalue weighted by Gasteiger charge is 2.68. The summed E-state index contributed by atoms with van der Waals surface area (Å²) in [7, 11) is -2.90. The number of amides is 2. The Morgan fingerprint density at radius 2 is 1.63 bits per heavy atom. The minimum Gasteiger partial charge on any atom is -0.478 e. The number of sulfone groups is 1. The molecule has 5 fully saturated rings. The highest BCUT2D eigenvalue weighted by molar-refractivity contribution is 7.91. The van der Waals surface area contributed by atoms with Crippen LogP contribution in [0.2, 0.25) is 0 Å². The Bertz CT molecular complexity index is 1610. The number of fused-ring (bicyclic) bond motifs is 7. The third kappa shape index (κ3) is 6.72. The van der Waals surface area contributed by atoms with E-state index in [4.69, 9.17) is 0 Å². The lowest BCUT2D eigenvalue weighted by atomic mass is 9.34. The number of carboxylic acids is 1. The Hall–Kier alpha value is -2.65. The van der Waals surface area contributed by atoms with Gasteiger partial charge in [-0.2, -0.15) is 0 Å². The molecule has 0 aromatic heterocycles. The molecule has 2 amide bonds. The number of aromatic carboxylic acids is 1. The zero-order valence-electron chi connectivity index (χ0n) is 31.8. The van der Waals surface area contributed by atoms with Crippen LogP contribution in [0, 0.1) is 45.8 Å². The van der Waals surface area contributed by atoms with Gasteiger partial charge in [0.2, 0.25) is 0 Å². The highest BCUT2D eigenvalue weighted by Crippen LogP contribution is 2.75. The summed E-state index contributed by atoms with van der Waals surface area (Å²) in [6.45, 7) is 17.9. The quantitative estimate of drug-likeness (QED) is 0.258. The second-order valence-corrected chi connectivity index (χ2v) is 20.0. The minimum absolute atomic E-state index is 0.0561. The number of urea groups is 1. The van der Waals surface area contributed by atoms with Gasteiger partial charge in [-0.25, -0.2) is 18.0 Å². The summed E-state index contributed by atoms with van der Waals surface area (Å²) in [5, 5.41) is 16.1. The van der Waals surface area contributed by atoms with E-state index >= 15 is 0 Å². The zero-order chi connectivity index (χ0) is 36.8. The lowest BCUT2D eigenvalue weighted by Gasteiger charge is -2.71. The molecule has 1 aliphatic heterocycles. The van der Waals surface area contributed by atoms with Crippen molar-refractivity contribution >= 4 is 27.4 Å². The van der Waals surface area contributed by atoms with Crippen molar-refractivity contribution in [3.8, 4) is 0 Å². The summed E-state index contributed by atoms with van der Waals surface area (Å²) >= 11 is 0. The largest absolute Gasteiger partial charge is 0.478 e. The lowest BCUT2D eigenvalue weighted by molar-refractivity contribution is -0.210. The molecule has 3 N–H and O–H groups in total. The average molecular weight is 722 g/mol. The number of hydrogen-bond acceptors (Lipinski definition) is 5. The fourth-order valence-corrected chi connectivity index (χ4v) is 14.1. The molecule has 7 rings (SSSR count). The van der Waals surface area contributed by atoms with E-state index < -0.39 is 15.8 Å². The maximum Gasteiger partial charge on any atom is 0.335 e. The first-order valence-electron chi connectivity index (χ1n) is 19.7. The molecule has 5 aliphatic carbocycles. The third-order valence-corrected chi connectivity index (χ3v) is 17.1. The van der Waals surface area contributed by atoms with Crippen LogP contribution in [0.1, 0.15) is 115 Å². The molecule has 1 aromatic carbocycles. The molecule has 1 aromatic rings. The fourth-order valence-electron chi connectivity index (χ4n) is 12.8. The monoisotopic (exact) mass is 721 g/mol. The molecule has 4 saturated carbocycles. The Morgan fingerprint density at radius 1 is 0.941 bits per heavy atom. The van der Waals surface area contributed by atoms with Crippen molar-refractivity contribution in [1.29, 1.82) is 0 Å². The first-order chi connectivity index (χ1) is 24.1. The topological polar surface area (TPSA) is 116 Å². The molecule has 9 heteroatoms. The predicted molar refractivity (Wildman–Crippen MR) is 205 cm³/mol. The van der Waals surface area contributed by atoms with Crippen molar-refractivity contribution in [2.45, 2.75) is 104 Å². The van der Waals surface area contributed by atoms with Crippen LogP contribution in [0.15, 0.2) is 43.0 Å². The maximum absolute atomic E-state index is 13.4. The first kappa shape index (κ1) is 38.1. The maximum atomic E-state index is 13.4. The number of allylic oxidation sites excluding steroid dienone is 3. The normalized spacial score (nSPS) is 39.7. The number of carbonyl (C=O) groups is 2. The SMILES string of the molecule is C=CC.CC1C(c2ccc(C(=O)O)cc2)=CCC2(C)C1CCC1(C)C2CCC2C3CCCC3(NC(=O)NCCN3CCS(=O)(=O)CC3)CC[C@]21C. The van der Waals surface area contributed by atoms with Gasteiger partial charge in [-0.1, -0.05) is 58.4 Å². The smallest absolute Gasteiger partial charge is 0.335 e. The molecule has 8 nitrogen and oxygen atoms in total. The molecule has 51 heavy (non-hydrogen) atoms. The van der Waals surface area contributed by atoms with E-state index in [-0.39, 0.29) is 39.3 Å². The van der Waals surface area contributed by atoms with Crippen LogP contribution in [-0.2, 0) is 9.84 Å². The second kappa shape index (κ2) is 14.3. The number of rotatable bonds is 6. The Morgan fingerprint density at radius 3 is 2.29 bits per heavy atom. The molecule has 0 spiro atoms. The number of nitrogens with zero attached hydrogens (tertiary/aromatic N) is 1. The van der Waals surface area contributed by atoms with Crippen LogP contribution in [0.3, 0.4) is 0 Å². The van der Waals surface area contributed by atoms with Crippen LogP contribution in [-0.4, -0.2) is 73.6 Å². The molecule has 1 heterocycles. The van der Waals surface area contributed by atoms with E-state index in [1.807, 2.05) is 19.1 Å². The third-order valence-electron chi connectivity index (χ3n) is 15.5. The number of benzene rings is 1. The van der Waals surface area contributed by atoms with E-state index in [0.717, 1.165) is 25.7 Å². The van der Waals surface area contributed by atoms with E-state index in [2.05, 4.69) is 55.9 Å². The summed E-state index contributed by atoms with van der Waals surface area (Å²) in [6.07, 6.45) is 16.0. The van der Waals surface area contributed by atoms with Gasteiger partial charge < -0.3 is 15.7 Å². The summed E-state index contributed by atoms with van der Waals surface area (Å²) in [4.78, 5) is 27.0. The van der Waals surface area contributed by atoms with Crippen LogP contribution in [0.5, 0.6) is 0 Å². The van der Waals surface area contributed by atoms with Crippen LogP contribution in [0.4, 0.5) is 4.79 Å². The van der Waals surface area contributed by atoms with E-state index in [1.54, 1.807) is 18.2 Å². The summed E-state index contributed by atoms with van der Waals surface area (Å²) < 4.78 is 23.6. The number of carboxylic acid groups (broad SMARTS) is 1. The molecule has 1 saturated heterocycles. The summed E-state index contributed by atoms with van der Waals surface area (Å²) in [5.74, 6) is 2.40. The van der Waals surface area contributed by atoms with Crippen molar-refractivity contribution in [1.82, 2.24) is 15.5 Å². The fraction of sp³-hybridized carbons (Fsp3) is 0.714. The molecule has 9 atom stereocenters. The first-order valence-corrected chi connectivity index (χ1v) is 21.5. The van der Waals surface area contributed by atoms with Crippen LogP contribution in [0.25, 0.3) is 5.57 Å². The Kier molecular flexibility index (Phi) is 10.7. The van der Waals surface area contributed by atoms with Gasteiger partial charge in [-0.05, 0) is 134 Å². The molecular weight excluding hydrogens is 659 g/mol. The number of carbonyl (C=O) groups excluding carboxylic acids is 1. The van der Waals surface area contributed by atoms with E-state index in [9.17, 15) is 23.1 Å². The zero-order valence-corrected chi connectivity index (χ0v) is 32.6. The molecule has 0 bridgehead atoms. The van der Waals surface area contributed by atoms with E-state index in [1.165, 1.54) is 49.7 Å². The van der Waals surface area contributed by atoms with Crippen molar-refractivity contribution in [3.63, 3.8) is 0 Å². The van der Waals surface area contributed by atoms with Gasteiger partial charge in [0.15, 0.2) is 9.84 Å². The van der Waals surface area contributed by atoms with Gasteiger partial charge in [0.25, 0.3) is 0 Å². The van der Waals surface area contributed by atoms with Crippen LogP contribution >= 0.6 is 0 Å². The molecule has 282 valence electrons. The molecule has 0 radical (unpaired) electrons. The van der Waals surface area contributed by atoms with E-state index in [0.29, 0.717) is 61.3 Å². The van der Waals surface area contributed by atoms with Crippen molar-refractivity contribution < 1.29 is 23.1 Å². The van der Waals surface area contributed by atoms with Crippen molar-refractivity contribution in [2.75, 3.05) is 37.7 Å². The second-order valence-electron chi connectivity index (χ2n) is 17.7. The molecule has 6 aliphatic rings. The van der Waals surface area contributed by atoms with Gasteiger partial charge >= 0.3 is 12.0 Å². The lowest BCUT2D eigenvalue weighted by Crippen LogP contribution is -2.67. The predicted octanol–water partition coefficient (Wildman–Crippen LogP) is 7.82. The van der Waals surface area contributed by atoms with Gasteiger partial charge in [0.05, 0.1) is 17.1 Å². The average Bonchev–Trinajstić information content (AvgIpc) is 3.50. The molecule has 8 unspecified atom stereocenters. The van der Waals surface area contributed by atoms with Gasteiger partial charge in [-0.3, -0.25) is 4.90 Å². The summed E-state index contributed by atoms with van der Waals surface area (Å²) in [6, 6.07) is 7.44. The molecular formula is C42H63N3O5S. The van der Waals surface area contributed by atoms with Gasteiger partial charge in [0.1, 0.15) is 0 Å². The van der Waals surface area contributed by atoms with Crippen molar-refractivity contribution in [2.24, 2.45) is 45.8 Å². The Labute approximate surface area is 307 Å². The van der Waals surface area contributed by atoms with Crippen LogP contribution < -0.4 is 10.6 Å². The minimum atomic E-state index is -2.90. The number of nitrogens with one attached hydrogen (secondary N) is 2. The standard InChI is InChI=1S/C39H57N3O5S.C3H6/c1-26-29(27-7-9-28(10-8-27)34(43)44)13-16-36(2)30(26)14-17-38(4)33(36)12-11-31-32-6-5-15-39(32,19-18-37(31,38)3)41-35(45)40-20-21-42-22-24-48(46,47)25-23-42;1-3-2/h7-10,13,26,30-33H,5-6,11-12,14-25H2,1-4H3,(H,43,44)(H2,40,41,45);3H,1H2,2H3/t26?,30?,31?,32?,33?,36?,37-,38?,39?;/m1./s1. The summed E-state index contributed by atoms with van der Waals surface area (Å²) in [5.41, 5.74) is 3.52. The van der Waals surface area contributed by atoms with Gasteiger partial charge in [-0.15, -0.1) is 6.58 Å². The Balaban J connectivity index is 0.00000144. The van der Waals surface area contributed by atoms with Gasteiger partial charge in [0, 0.05) is 31.7 Å².